The number of nitriles is 1. The highest BCUT2D eigenvalue weighted by Crippen LogP contribution is 2.37. The van der Waals surface area contributed by atoms with Gasteiger partial charge < -0.3 is 14.8 Å². The molecule has 0 radical (unpaired) electrons. The maximum atomic E-state index is 12.4. The van der Waals surface area contributed by atoms with E-state index >= 15 is 0 Å². The molecule has 2 rings (SSSR count). The molecule has 0 aromatic heterocycles. The van der Waals surface area contributed by atoms with Gasteiger partial charge in [-0.3, -0.25) is 4.79 Å². The fourth-order valence-corrected chi connectivity index (χ4v) is 2.97. The Hall–Kier alpha value is -2.78. The number of methoxy groups -OCH3 is 1. The molecule has 134 valence electrons. The normalized spacial score (nSPS) is 10.8. The molecule has 0 fully saturated rings. The first-order valence-corrected chi connectivity index (χ1v) is 8.78. The molecule has 1 N–H and O–H groups in total. The Kier molecular flexibility index (Phi) is 6.81. The monoisotopic (exact) mass is 414 g/mol. The molecule has 0 saturated heterocycles. The number of nitrogens with zero attached hydrogens (tertiary/aromatic N) is 1. The van der Waals surface area contributed by atoms with Crippen LogP contribution in [0.3, 0.4) is 0 Å². The largest absolute Gasteiger partial charge is 0.492 e. The smallest absolute Gasteiger partial charge is 0.266 e. The van der Waals surface area contributed by atoms with Crippen LogP contribution in [-0.4, -0.2) is 19.6 Å². The number of hydrogen-bond donors (Lipinski definition) is 1. The van der Waals surface area contributed by atoms with E-state index in [2.05, 4.69) is 21.2 Å². The molecule has 2 aromatic rings. The fourth-order valence-electron chi connectivity index (χ4n) is 2.35. The number of amides is 1. The molecule has 0 unspecified atom stereocenters. The molecular formula is C20H19BrN2O3. The summed E-state index contributed by atoms with van der Waals surface area (Å²) in [6.07, 6.45) is 1.51. The molecule has 0 heterocycles. The Morgan fingerprint density at radius 2 is 2.08 bits per heavy atom. The second kappa shape index (κ2) is 9.07. The number of carbonyl (C=O) groups excluding carboxylic acids is 1. The van der Waals surface area contributed by atoms with Gasteiger partial charge in [-0.1, -0.05) is 18.2 Å². The van der Waals surface area contributed by atoms with Crippen molar-refractivity contribution in [2.45, 2.75) is 13.8 Å². The zero-order valence-corrected chi connectivity index (χ0v) is 16.4. The van der Waals surface area contributed by atoms with E-state index in [0.29, 0.717) is 33.8 Å². The highest BCUT2D eigenvalue weighted by Gasteiger charge is 2.14. The van der Waals surface area contributed by atoms with Crippen LogP contribution in [0.25, 0.3) is 6.08 Å². The van der Waals surface area contributed by atoms with Crippen molar-refractivity contribution in [3.8, 4) is 17.6 Å². The van der Waals surface area contributed by atoms with Crippen molar-refractivity contribution in [2.24, 2.45) is 0 Å². The number of ether oxygens (including phenoxy) is 2. The lowest BCUT2D eigenvalue weighted by atomic mass is 10.1. The maximum absolute atomic E-state index is 12.4. The predicted molar refractivity (Wildman–Crippen MR) is 105 cm³/mol. The van der Waals surface area contributed by atoms with Crippen LogP contribution in [0.1, 0.15) is 18.1 Å². The van der Waals surface area contributed by atoms with E-state index in [9.17, 15) is 10.1 Å². The van der Waals surface area contributed by atoms with E-state index in [1.54, 1.807) is 25.3 Å². The summed E-state index contributed by atoms with van der Waals surface area (Å²) in [4.78, 5) is 12.4. The molecule has 1 amide bonds. The third kappa shape index (κ3) is 4.64. The zero-order valence-electron chi connectivity index (χ0n) is 14.8. The minimum absolute atomic E-state index is 0.00670. The molecule has 6 heteroatoms. The molecule has 0 aliphatic rings. The molecule has 0 spiro atoms. The quantitative estimate of drug-likeness (QED) is 0.548. The second-order valence-electron chi connectivity index (χ2n) is 5.41. The van der Waals surface area contributed by atoms with Gasteiger partial charge in [0.1, 0.15) is 11.6 Å². The fraction of sp³-hybridized carbons (Fsp3) is 0.200. The molecular weight excluding hydrogens is 396 g/mol. The Labute approximate surface area is 161 Å². The van der Waals surface area contributed by atoms with Gasteiger partial charge >= 0.3 is 0 Å². The summed E-state index contributed by atoms with van der Waals surface area (Å²) in [5, 5.41) is 12.2. The van der Waals surface area contributed by atoms with Gasteiger partial charge in [-0.2, -0.15) is 5.26 Å². The number of rotatable bonds is 6. The van der Waals surface area contributed by atoms with E-state index in [1.165, 1.54) is 6.08 Å². The van der Waals surface area contributed by atoms with Crippen LogP contribution in [0.2, 0.25) is 0 Å². The van der Waals surface area contributed by atoms with Crippen molar-refractivity contribution >= 4 is 33.6 Å². The van der Waals surface area contributed by atoms with Crippen LogP contribution in [0.15, 0.2) is 46.4 Å². The number of aryl methyl sites for hydroxylation is 1. The Morgan fingerprint density at radius 3 is 2.69 bits per heavy atom. The number of hydrogen-bond acceptors (Lipinski definition) is 4. The second-order valence-corrected chi connectivity index (χ2v) is 6.26. The van der Waals surface area contributed by atoms with Crippen molar-refractivity contribution in [2.75, 3.05) is 19.0 Å². The van der Waals surface area contributed by atoms with Crippen LogP contribution in [0.4, 0.5) is 5.69 Å². The highest BCUT2D eigenvalue weighted by molar-refractivity contribution is 9.10. The standard InChI is InChI=1S/C20H19BrN2O3/c1-4-26-18-11-14(10-16(21)19(18)25-3)9-15(12-22)20(24)23-17-8-6-5-7-13(17)2/h5-11H,4H2,1-3H3,(H,23,24)/b15-9-. The molecule has 0 aliphatic heterocycles. The van der Waals surface area contributed by atoms with E-state index in [4.69, 9.17) is 9.47 Å². The Bertz CT molecular complexity index is 885. The first-order valence-electron chi connectivity index (χ1n) is 7.99. The number of anilines is 1. The number of para-hydroxylation sites is 1. The lowest BCUT2D eigenvalue weighted by Gasteiger charge is -2.12. The third-order valence-corrected chi connectivity index (χ3v) is 4.19. The average Bonchev–Trinajstić information content (AvgIpc) is 2.61. The summed E-state index contributed by atoms with van der Waals surface area (Å²) in [5.74, 6) is 0.630. The lowest BCUT2D eigenvalue weighted by molar-refractivity contribution is -0.112. The molecule has 0 aliphatic carbocycles. The van der Waals surface area contributed by atoms with Gasteiger partial charge in [0.2, 0.25) is 0 Å². The summed E-state index contributed by atoms with van der Waals surface area (Å²) in [7, 11) is 1.55. The minimum atomic E-state index is -0.466. The summed E-state index contributed by atoms with van der Waals surface area (Å²) in [6.45, 7) is 4.22. The van der Waals surface area contributed by atoms with Crippen molar-refractivity contribution in [3.05, 3.63) is 57.6 Å². The Morgan fingerprint density at radius 1 is 1.35 bits per heavy atom. The van der Waals surface area contributed by atoms with Gasteiger partial charge in [-0.25, -0.2) is 0 Å². The highest BCUT2D eigenvalue weighted by atomic mass is 79.9. The number of carbonyl (C=O) groups is 1. The predicted octanol–water partition coefficient (Wildman–Crippen LogP) is 4.71. The van der Waals surface area contributed by atoms with Crippen LogP contribution in [0.5, 0.6) is 11.5 Å². The molecule has 0 atom stereocenters. The lowest BCUT2D eigenvalue weighted by Crippen LogP contribution is -2.14. The van der Waals surface area contributed by atoms with Gasteiger partial charge in [0.25, 0.3) is 5.91 Å². The van der Waals surface area contributed by atoms with Gasteiger partial charge in [0.05, 0.1) is 18.2 Å². The van der Waals surface area contributed by atoms with Gasteiger partial charge in [-0.15, -0.1) is 0 Å². The molecule has 2 aromatic carbocycles. The number of halogens is 1. The first kappa shape index (κ1) is 19.5. The first-order chi connectivity index (χ1) is 12.5. The van der Waals surface area contributed by atoms with E-state index in [-0.39, 0.29) is 5.57 Å². The van der Waals surface area contributed by atoms with Gasteiger partial charge in [-0.05, 0) is 65.2 Å². The molecule has 5 nitrogen and oxygen atoms in total. The zero-order chi connectivity index (χ0) is 19.1. The third-order valence-electron chi connectivity index (χ3n) is 3.61. The number of nitrogens with one attached hydrogen (secondary N) is 1. The van der Waals surface area contributed by atoms with Crippen molar-refractivity contribution in [1.29, 1.82) is 5.26 Å². The van der Waals surface area contributed by atoms with Crippen molar-refractivity contribution in [3.63, 3.8) is 0 Å². The maximum Gasteiger partial charge on any atom is 0.266 e. The van der Waals surface area contributed by atoms with Gasteiger partial charge in [0, 0.05) is 5.69 Å². The van der Waals surface area contributed by atoms with Crippen LogP contribution in [-0.2, 0) is 4.79 Å². The van der Waals surface area contributed by atoms with Gasteiger partial charge in [0.15, 0.2) is 11.5 Å². The van der Waals surface area contributed by atoms with Crippen LogP contribution < -0.4 is 14.8 Å². The Balaban J connectivity index is 2.35. The average molecular weight is 415 g/mol. The van der Waals surface area contributed by atoms with Crippen LogP contribution in [0, 0.1) is 18.3 Å². The number of benzene rings is 2. The van der Waals surface area contributed by atoms with E-state index < -0.39 is 5.91 Å². The molecule has 0 bridgehead atoms. The van der Waals surface area contributed by atoms with E-state index in [1.807, 2.05) is 38.1 Å². The minimum Gasteiger partial charge on any atom is -0.492 e. The van der Waals surface area contributed by atoms with E-state index in [0.717, 1.165) is 5.56 Å². The van der Waals surface area contributed by atoms with Crippen LogP contribution >= 0.6 is 15.9 Å². The molecule has 26 heavy (non-hydrogen) atoms. The topological polar surface area (TPSA) is 71.3 Å². The molecule has 0 saturated carbocycles. The van der Waals surface area contributed by atoms with Crippen molar-refractivity contribution < 1.29 is 14.3 Å². The summed E-state index contributed by atoms with van der Waals surface area (Å²) >= 11 is 3.42. The summed E-state index contributed by atoms with van der Waals surface area (Å²) in [6, 6.07) is 12.8. The SMILES string of the molecule is CCOc1cc(/C=C(/C#N)C(=O)Nc2ccccc2C)cc(Br)c1OC. The summed E-state index contributed by atoms with van der Waals surface area (Å²) in [5.41, 5.74) is 2.24. The van der Waals surface area contributed by atoms with Crippen molar-refractivity contribution in [1.82, 2.24) is 0 Å². The summed E-state index contributed by atoms with van der Waals surface area (Å²) < 4.78 is 11.6.